The molecule has 2 aromatic rings. The third-order valence-electron chi connectivity index (χ3n) is 3.63. The standard InChI is InChI=1S/C19H22ClNOS/c1-13-16(20)6-5-7-17(13)21-18(22)12-23-15-10-8-14(9-11-15)19(2,3)4/h5-11H,12H2,1-4H3,(H,21,22). The van der Waals surface area contributed by atoms with E-state index in [2.05, 4.69) is 50.4 Å². The van der Waals surface area contributed by atoms with Gasteiger partial charge in [-0.05, 0) is 47.7 Å². The maximum absolute atomic E-state index is 12.1. The summed E-state index contributed by atoms with van der Waals surface area (Å²) >= 11 is 7.60. The Morgan fingerprint density at radius 2 is 1.78 bits per heavy atom. The highest BCUT2D eigenvalue weighted by Crippen LogP contribution is 2.26. The SMILES string of the molecule is Cc1c(Cl)cccc1NC(=O)CSc1ccc(C(C)(C)C)cc1. The molecule has 2 aromatic carbocycles. The van der Waals surface area contributed by atoms with Gasteiger partial charge in [0.1, 0.15) is 0 Å². The quantitative estimate of drug-likeness (QED) is 0.721. The Bertz CT molecular complexity index is 690. The number of carbonyl (C=O) groups is 1. The van der Waals surface area contributed by atoms with Crippen molar-refractivity contribution in [2.75, 3.05) is 11.1 Å². The van der Waals surface area contributed by atoms with Gasteiger partial charge in [0.05, 0.1) is 5.75 Å². The average molecular weight is 348 g/mol. The fourth-order valence-corrected chi connectivity index (χ4v) is 3.00. The van der Waals surface area contributed by atoms with E-state index in [1.807, 2.05) is 25.1 Å². The fourth-order valence-electron chi connectivity index (χ4n) is 2.13. The van der Waals surface area contributed by atoms with Crippen LogP contribution in [-0.2, 0) is 10.2 Å². The van der Waals surface area contributed by atoms with Gasteiger partial charge in [-0.15, -0.1) is 11.8 Å². The Kier molecular flexibility index (Phi) is 5.77. The number of carbonyl (C=O) groups excluding carboxylic acids is 1. The smallest absolute Gasteiger partial charge is 0.234 e. The van der Waals surface area contributed by atoms with E-state index in [0.29, 0.717) is 10.8 Å². The molecule has 0 radical (unpaired) electrons. The van der Waals surface area contributed by atoms with Crippen molar-refractivity contribution in [1.29, 1.82) is 0 Å². The maximum Gasteiger partial charge on any atom is 0.234 e. The van der Waals surface area contributed by atoms with Crippen molar-refractivity contribution in [2.24, 2.45) is 0 Å². The molecule has 0 fully saturated rings. The van der Waals surface area contributed by atoms with Crippen molar-refractivity contribution in [3.05, 3.63) is 58.6 Å². The minimum atomic E-state index is -0.0275. The monoisotopic (exact) mass is 347 g/mol. The summed E-state index contributed by atoms with van der Waals surface area (Å²) in [6, 6.07) is 13.9. The first-order chi connectivity index (χ1) is 10.8. The predicted octanol–water partition coefficient (Wildman–Crippen LogP) is 5.68. The molecule has 0 aliphatic carbocycles. The number of anilines is 1. The lowest BCUT2D eigenvalue weighted by Crippen LogP contribution is -2.15. The molecule has 0 atom stereocenters. The van der Waals surface area contributed by atoms with Gasteiger partial charge in [-0.3, -0.25) is 4.79 Å². The molecular formula is C19H22ClNOS. The van der Waals surface area contributed by atoms with E-state index < -0.39 is 0 Å². The average Bonchev–Trinajstić information content (AvgIpc) is 2.49. The van der Waals surface area contributed by atoms with E-state index >= 15 is 0 Å². The summed E-state index contributed by atoms with van der Waals surface area (Å²) in [6.07, 6.45) is 0. The van der Waals surface area contributed by atoms with E-state index in [1.165, 1.54) is 17.3 Å². The Hall–Kier alpha value is -1.45. The molecular weight excluding hydrogens is 326 g/mol. The first-order valence-electron chi connectivity index (χ1n) is 7.55. The summed E-state index contributed by atoms with van der Waals surface area (Å²) in [4.78, 5) is 13.2. The van der Waals surface area contributed by atoms with E-state index in [4.69, 9.17) is 11.6 Å². The van der Waals surface area contributed by atoms with Crippen LogP contribution in [0.1, 0.15) is 31.9 Å². The number of rotatable bonds is 4. The van der Waals surface area contributed by atoms with Crippen molar-refractivity contribution < 1.29 is 4.79 Å². The molecule has 0 unspecified atom stereocenters. The highest BCUT2D eigenvalue weighted by atomic mass is 35.5. The third-order valence-corrected chi connectivity index (χ3v) is 5.05. The molecule has 0 aliphatic heterocycles. The van der Waals surface area contributed by atoms with Crippen molar-refractivity contribution in [3.8, 4) is 0 Å². The fraction of sp³-hybridized carbons (Fsp3) is 0.316. The third kappa shape index (κ3) is 5.02. The lowest BCUT2D eigenvalue weighted by atomic mass is 9.87. The number of thioether (sulfide) groups is 1. The van der Waals surface area contributed by atoms with Crippen molar-refractivity contribution in [1.82, 2.24) is 0 Å². The zero-order valence-corrected chi connectivity index (χ0v) is 15.5. The van der Waals surface area contributed by atoms with Crippen LogP contribution >= 0.6 is 23.4 Å². The van der Waals surface area contributed by atoms with Gasteiger partial charge in [0.2, 0.25) is 5.91 Å². The first-order valence-corrected chi connectivity index (χ1v) is 8.92. The highest BCUT2D eigenvalue weighted by Gasteiger charge is 2.13. The van der Waals surface area contributed by atoms with Gasteiger partial charge >= 0.3 is 0 Å². The Balaban J connectivity index is 1.93. The maximum atomic E-state index is 12.1. The van der Waals surface area contributed by atoms with Crippen LogP contribution < -0.4 is 5.32 Å². The van der Waals surface area contributed by atoms with Crippen molar-refractivity contribution in [3.63, 3.8) is 0 Å². The van der Waals surface area contributed by atoms with Gasteiger partial charge < -0.3 is 5.32 Å². The molecule has 0 spiro atoms. The van der Waals surface area contributed by atoms with Crippen LogP contribution in [0.25, 0.3) is 0 Å². The molecule has 0 aromatic heterocycles. The number of halogens is 1. The van der Waals surface area contributed by atoms with Gasteiger partial charge in [0, 0.05) is 15.6 Å². The van der Waals surface area contributed by atoms with Crippen LogP contribution in [0.15, 0.2) is 47.4 Å². The highest BCUT2D eigenvalue weighted by molar-refractivity contribution is 8.00. The lowest BCUT2D eigenvalue weighted by molar-refractivity contribution is -0.113. The van der Waals surface area contributed by atoms with Crippen LogP contribution in [0.3, 0.4) is 0 Å². The van der Waals surface area contributed by atoms with Crippen molar-refractivity contribution >= 4 is 35.0 Å². The van der Waals surface area contributed by atoms with E-state index in [9.17, 15) is 4.79 Å². The van der Waals surface area contributed by atoms with E-state index in [1.54, 1.807) is 0 Å². The number of hydrogen-bond acceptors (Lipinski definition) is 2. The molecule has 1 amide bonds. The van der Waals surface area contributed by atoms with Gasteiger partial charge in [0.25, 0.3) is 0 Å². The molecule has 0 bridgehead atoms. The molecule has 0 saturated carbocycles. The molecule has 2 rings (SSSR count). The Labute approximate surface area is 147 Å². The van der Waals surface area contributed by atoms with Crippen LogP contribution in [0.5, 0.6) is 0 Å². The lowest BCUT2D eigenvalue weighted by Gasteiger charge is -2.19. The second kappa shape index (κ2) is 7.41. The molecule has 122 valence electrons. The molecule has 1 N–H and O–H groups in total. The second-order valence-electron chi connectivity index (χ2n) is 6.52. The minimum Gasteiger partial charge on any atom is -0.325 e. The molecule has 4 heteroatoms. The molecule has 0 heterocycles. The summed E-state index contributed by atoms with van der Waals surface area (Å²) in [7, 11) is 0. The zero-order valence-electron chi connectivity index (χ0n) is 13.9. The number of benzene rings is 2. The summed E-state index contributed by atoms with van der Waals surface area (Å²) in [6.45, 7) is 8.47. The van der Waals surface area contributed by atoms with Gasteiger partial charge in [-0.25, -0.2) is 0 Å². The van der Waals surface area contributed by atoms with E-state index in [0.717, 1.165) is 16.1 Å². The van der Waals surface area contributed by atoms with Crippen LogP contribution in [-0.4, -0.2) is 11.7 Å². The van der Waals surface area contributed by atoms with Crippen LogP contribution in [0, 0.1) is 6.92 Å². The Morgan fingerprint density at radius 1 is 1.13 bits per heavy atom. The molecule has 2 nitrogen and oxygen atoms in total. The Morgan fingerprint density at radius 3 is 2.39 bits per heavy atom. The number of hydrogen-bond donors (Lipinski definition) is 1. The summed E-state index contributed by atoms with van der Waals surface area (Å²) in [5, 5.41) is 3.57. The molecule has 0 aliphatic rings. The van der Waals surface area contributed by atoms with Gasteiger partial charge in [-0.1, -0.05) is 50.6 Å². The summed E-state index contributed by atoms with van der Waals surface area (Å²) < 4.78 is 0. The van der Waals surface area contributed by atoms with Crippen LogP contribution in [0.4, 0.5) is 5.69 Å². The van der Waals surface area contributed by atoms with Gasteiger partial charge in [-0.2, -0.15) is 0 Å². The first kappa shape index (κ1) is 17.9. The summed E-state index contributed by atoms with van der Waals surface area (Å²) in [5.41, 5.74) is 3.10. The zero-order chi connectivity index (χ0) is 17.0. The molecule has 0 saturated heterocycles. The topological polar surface area (TPSA) is 29.1 Å². The summed E-state index contributed by atoms with van der Waals surface area (Å²) in [5.74, 6) is 0.348. The minimum absolute atomic E-state index is 0.0275. The number of amides is 1. The van der Waals surface area contributed by atoms with E-state index in [-0.39, 0.29) is 11.3 Å². The van der Waals surface area contributed by atoms with Crippen LogP contribution in [0.2, 0.25) is 5.02 Å². The van der Waals surface area contributed by atoms with Gasteiger partial charge in [0.15, 0.2) is 0 Å². The number of nitrogens with one attached hydrogen (secondary N) is 1. The normalized spacial score (nSPS) is 11.3. The molecule has 23 heavy (non-hydrogen) atoms. The largest absolute Gasteiger partial charge is 0.325 e. The predicted molar refractivity (Wildman–Crippen MR) is 101 cm³/mol. The van der Waals surface area contributed by atoms with Crippen molar-refractivity contribution in [2.45, 2.75) is 38.0 Å². The second-order valence-corrected chi connectivity index (χ2v) is 7.98.